The standard InChI is InChI=1S/C24H36N4O5S/c1-19(2)23(29)26-10-12-27(13-11-26)24(30)21-18-20(34(31,32)28-14-16-33-17-15-28)6-7-22(21)25-8-4-3-5-9-25/h6-7,18-19H,3-5,8-17H2,1-2H3. The first-order chi connectivity index (χ1) is 16.3. The summed E-state index contributed by atoms with van der Waals surface area (Å²) >= 11 is 0. The van der Waals surface area contributed by atoms with Crippen molar-refractivity contribution in [3.05, 3.63) is 23.8 Å². The minimum absolute atomic E-state index is 0.0740. The maximum atomic E-state index is 13.7. The van der Waals surface area contributed by atoms with Gasteiger partial charge in [0.15, 0.2) is 0 Å². The molecule has 4 rings (SSSR count). The van der Waals surface area contributed by atoms with Crippen molar-refractivity contribution in [3.8, 4) is 0 Å². The van der Waals surface area contributed by atoms with Gasteiger partial charge in [0.2, 0.25) is 15.9 Å². The van der Waals surface area contributed by atoms with Crippen LogP contribution in [0.15, 0.2) is 23.1 Å². The predicted octanol–water partition coefficient (Wildman–Crippen LogP) is 1.64. The van der Waals surface area contributed by atoms with E-state index in [1.165, 1.54) is 4.31 Å². The van der Waals surface area contributed by atoms with Gasteiger partial charge in [0, 0.05) is 64.0 Å². The van der Waals surface area contributed by atoms with E-state index in [1.54, 1.807) is 28.0 Å². The van der Waals surface area contributed by atoms with Crippen molar-refractivity contribution in [2.24, 2.45) is 5.92 Å². The Bertz CT molecular complexity index is 993. The third-order valence-corrected chi connectivity index (χ3v) is 8.77. The Kier molecular flexibility index (Phi) is 7.79. The van der Waals surface area contributed by atoms with Gasteiger partial charge in [0.25, 0.3) is 5.91 Å². The van der Waals surface area contributed by atoms with E-state index in [9.17, 15) is 18.0 Å². The van der Waals surface area contributed by atoms with Crippen molar-refractivity contribution in [1.29, 1.82) is 0 Å². The summed E-state index contributed by atoms with van der Waals surface area (Å²) in [5.41, 5.74) is 1.23. The number of benzene rings is 1. The van der Waals surface area contributed by atoms with Crippen molar-refractivity contribution in [1.82, 2.24) is 14.1 Å². The van der Waals surface area contributed by atoms with Crippen LogP contribution in [0.5, 0.6) is 0 Å². The molecule has 1 aromatic rings. The zero-order chi connectivity index (χ0) is 24.3. The summed E-state index contributed by atoms with van der Waals surface area (Å²) in [7, 11) is -3.71. The van der Waals surface area contributed by atoms with Gasteiger partial charge in [-0.15, -0.1) is 0 Å². The van der Waals surface area contributed by atoms with Gasteiger partial charge < -0.3 is 19.4 Å². The zero-order valence-electron chi connectivity index (χ0n) is 20.2. The number of amides is 2. The molecule has 9 nitrogen and oxygen atoms in total. The molecule has 0 unspecified atom stereocenters. The first-order valence-electron chi connectivity index (χ1n) is 12.3. The first-order valence-corrected chi connectivity index (χ1v) is 13.8. The van der Waals surface area contributed by atoms with Gasteiger partial charge >= 0.3 is 0 Å². The molecular formula is C24H36N4O5S. The highest BCUT2D eigenvalue weighted by Gasteiger charge is 2.31. The number of hydrogen-bond acceptors (Lipinski definition) is 6. The van der Waals surface area contributed by atoms with Crippen molar-refractivity contribution in [3.63, 3.8) is 0 Å². The quantitative estimate of drug-likeness (QED) is 0.621. The summed E-state index contributed by atoms with van der Waals surface area (Å²) in [6, 6.07) is 4.98. The Labute approximate surface area is 202 Å². The molecular weight excluding hydrogens is 456 g/mol. The molecule has 0 spiro atoms. The average molecular weight is 493 g/mol. The summed E-state index contributed by atoms with van der Waals surface area (Å²) in [6.45, 7) is 8.70. The minimum atomic E-state index is -3.71. The molecule has 0 aromatic heterocycles. The van der Waals surface area contributed by atoms with E-state index in [4.69, 9.17) is 4.74 Å². The van der Waals surface area contributed by atoms with Crippen LogP contribution in [0, 0.1) is 5.92 Å². The Morgan fingerprint density at radius 2 is 1.47 bits per heavy atom. The lowest BCUT2D eigenvalue weighted by molar-refractivity contribution is -0.135. The van der Waals surface area contributed by atoms with Crippen LogP contribution in [-0.4, -0.2) is 99.9 Å². The molecule has 0 atom stereocenters. The highest BCUT2D eigenvalue weighted by Crippen LogP contribution is 2.30. The number of hydrogen-bond donors (Lipinski definition) is 0. The second kappa shape index (κ2) is 10.6. The zero-order valence-corrected chi connectivity index (χ0v) is 21.1. The molecule has 0 bridgehead atoms. The summed E-state index contributed by atoms with van der Waals surface area (Å²) in [4.78, 5) is 31.9. The van der Waals surface area contributed by atoms with E-state index in [0.717, 1.165) is 38.0 Å². The molecule has 34 heavy (non-hydrogen) atoms. The van der Waals surface area contributed by atoms with E-state index >= 15 is 0 Å². The van der Waals surface area contributed by atoms with Gasteiger partial charge in [-0.25, -0.2) is 8.42 Å². The molecule has 0 aliphatic carbocycles. The van der Waals surface area contributed by atoms with Crippen molar-refractivity contribution < 1.29 is 22.7 Å². The summed E-state index contributed by atoms with van der Waals surface area (Å²) in [6.07, 6.45) is 3.27. The van der Waals surface area contributed by atoms with Crippen LogP contribution in [-0.2, 0) is 19.6 Å². The SMILES string of the molecule is CC(C)C(=O)N1CCN(C(=O)c2cc(S(=O)(=O)N3CCOCC3)ccc2N2CCCCC2)CC1. The van der Waals surface area contributed by atoms with Gasteiger partial charge in [0.05, 0.1) is 23.7 Å². The largest absolute Gasteiger partial charge is 0.379 e. The number of carbonyl (C=O) groups excluding carboxylic acids is 2. The van der Waals surface area contributed by atoms with Crippen LogP contribution >= 0.6 is 0 Å². The number of piperazine rings is 1. The molecule has 0 radical (unpaired) electrons. The highest BCUT2D eigenvalue weighted by molar-refractivity contribution is 7.89. The second-order valence-electron chi connectivity index (χ2n) is 9.52. The molecule has 3 heterocycles. The number of ether oxygens (including phenoxy) is 1. The molecule has 10 heteroatoms. The lowest BCUT2D eigenvalue weighted by Gasteiger charge is -2.37. The molecule has 0 N–H and O–H groups in total. The van der Waals surface area contributed by atoms with Crippen LogP contribution in [0.25, 0.3) is 0 Å². The predicted molar refractivity (Wildman–Crippen MR) is 129 cm³/mol. The first kappa shape index (κ1) is 24.9. The van der Waals surface area contributed by atoms with Gasteiger partial charge in [-0.1, -0.05) is 13.8 Å². The summed E-state index contributed by atoms with van der Waals surface area (Å²) in [5.74, 6) is -0.147. The molecule has 0 saturated carbocycles. The van der Waals surface area contributed by atoms with Gasteiger partial charge in [-0.05, 0) is 37.5 Å². The third kappa shape index (κ3) is 5.23. The smallest absolute Gasteiger partial charge is 0.256 e. The molecule has 3 aliphatic rings. The number of piperidine rings is 1. The third-order valence-electron chi connectivity index (χ3n) is 6.88. The fourth-order valence-electron chi connectivity index (χ4n) is 4.86. The minimum Gasteiger partial charge on any atom is -0.379 e. The van der Waals surface area contributed by atoms with E-state index in [-0.39, 0.29) is 22.6 Å². The monoisotopic (exact) mass is 492 g/mol. The van der Waals surface area contributed by atoms with Crippen LogP contribution in [0.4, 0.5) is 5.69 Å². The highest BCUT2D eigenvalue weighted by atomic mass is 32.2. The Morgan fingerprint density at radius 1 is 0.853 bits per heavy atom. The Balaban J connectivity index is 1.61. The Hall–Kier alpha value is -2.17. The van der Waals surface area contributed by atoms with Crippen molar-refractivity contribution >= 4 is 27.5 Å². The van der Waals surface area contributed by atoms with Crippen LogP contribution in [0.2, 0.25) is 0 Å². The van der Waals surface area contributed by atoms with E-state index < -0.39 is 10.0 Å². The lowest BCUT2D eigenvalue weighted by Crippen LogP contribution is -2.51. The molecule has 3 aliphatic heterocycles. The van der Waals surface area contributed by atoms with E-state index in [1.807, 2.05) is 13.8 Å². The number of morpholine rings is 1. The Morgan fingerprint density at radius 3 is 2.09 bits per heavy atom. The number of anilines is 1. The molecule has 3 saturated heterocycles. The fourth-order valence-corrected chi connectivity index (χ4v) is 6.29. The molecule has 2 amide bonds. The number of sulfonamides is 1. The van der Waals surface area contributed by atoms with Crippen molar-refractivity contribution in [2.45, 2.75) is 38.0 Å². The maximum Gasteiger partial charge on any atom is 0.256 e. The maximum absolute atomic E-state index is 13.7. The van der Waals surface area contributed by atoms with E-state index in [2.05, 4.69) is 4.90 Å². The van der Waals surface area contributed by atoms with Crippen LogP contribution in [0.3, 0.4) is 0 Å². The van der Waals surface area contributed by atoms with Gasteiger partial charge in [0.1, 0.15) is 0 Å². The number of carbonyl (C=O) groups is 2. The van der Waals surface area contributed by atoms with Crippen LogP contribution < -0.4 is 4.90 Å². The summed E-state index contributed by atoms with van der Waals surface area (Å²) < 4.78 is 33.3. The fraction of sp³-hybridized carbons (Fsp3) is 0.667. The number of nitrogens with zero attached hydrogens (tertiary/aromatic N) is 4. The van der Waals surface area contributed by atoms with Crippen LogP contribution in [0.1, 0.15) is 43.5 Å². The topological polar surface area (TPSA) is 90.5 Å². The summed E-state index contributed by atoms with van der Waals surface area (Å²) in [5, 5.41) is 0. The number of rotatable bonds is 5. The van der Waals surface area contributed by atoms with Gasteiger partial charge in [-0.3, -0.25) is 9.59 Å². The second-order valence-corrected chi connectivity index (χ2v) is 11.5. The lowest BCUT2D eigenvalue weighted by atomic mass is 10.1. The molecule has 1 aromatic carbocycles. The molecule has 3 fully saturated rings. The van der Waals surface area contributed by atoms with Crippen molar-refractivity contribution in [2.75, 3.05) is 70.5 Å². The van der Waals surface area contributed by atoms with E-state index in [0.29, 0.717) is 58.0 Å². The molecule has 188 valence electrons. The average Bonchev–Trinajstić information content (AvgIpc) is 2.88. The normalized spacial score (nSPS) is 20.6. The van der Waals surface area contributed by atoms with Gasteiger partial charge in [-0.2, -0.15) is 4.31 Å².